The summed E-state index contributed by atoms with van der Waals surface area (Å²) in [5, 5.41) is 0.865. The zero-order valence-electron chi connectivity index (χ0n) is 8.48. The van der Waals surface area contributed by atoms with Crippen LogP contribution in [0.1, 0.15) is 0 Å². The maximum Gasteiger partial charge on any atom is 0.203 e. The molecule has 81 valence electrons. The second kappa shape index (κ2) is 4.35. The van der Waals surface area contributed by atoms with E-state index in [0.29, 0.717) is 5.75 Å². The first kappa shape index (κ1) is 11.6. The standard InChI is InChI=1S/C10H11O4S/c1-4-15(11,12)10-7-8(13-2)5-6-9(10)14-3/h4,6-7H,1H2,2-3H3. The van der Waals surface area contributed by atoms with Gasteiger partial charge in [0.1, 0.15) is 16.4 Å². The van der Waals surface area contributed by atoms with Gasteiger partial charge in [-0.25, -0.2) is 8.42 Å². The number of sulfone groups is 1. The lowest BCUT2D eigenvalue weighted by Gasteiger charge is -2.08. The SMILES string of the molecule is C=CS(=O)(=O)c1cc(OC)[c]cc1OC. The third-order valence-corrected chi connectivity index (χ3v) is 3.19. The average molecular weight is 227 g/mol. The van der Waals surface area contributed by atoms with Crippen molar-refractivity contribution in [1.29, 1.82) is 0 Å². The van der Waals surface area contributed by atoms with Gasteiger partial charge >= 0.3 is 0 Å². The van der Waals surface area contributed by atoms with Crippen molar-refractivity contribution in [3.8, 4) is 11.5 Å². The van der Waals surface area contributed by atoms with Gasteiger partial charge in [-0.1, -0.05) is 6.58 Å². The summed E-state index contributed by atoms with van der Waals surface area (Å²) >= 11 is 0. The van der Waals surface area contributed by atoms with Crippen molar-refractivity contribution in [3.05, 3.63) is 30.2 Å². The second-order valence-electron chi connectivity index (χ2n) is 2.65. The Morgan fingerprint density at radius 3 is 2.53 bits per heavy atom. The third kappa shape index (κ3) is 2.30. The van der Waals surface area contributed by atoms with Crippen molar-refractivity contribution in [2.24, 2.45) is 0 Å². The number of methoxy groups -OCH3 is 2. The molecular weight excluding hydrogens is 216 g/mol. The molecule has 1 rings (SSSR count). The fraction of sp³-hybridized carbons (Fsp3) is 0.200. The number of benzene rings is 1. The summed E-state index contributed by atoms with van der Waals surface area (Å²) in [6.07, 6.45) is 0. The lowest BCUT2D eigenvalue weighted by molar-refractivity contribution is 0.392. The minimum atomic E-state index is -3.53. The van der Waals surface area contributed by atoms with E-state index < -0.39 is 9.84 Å². The molecule has 1 aromatic rings. The van der Waals surface area contributed by atoms with Crippen molar-refractivity contribution in [2.75, 3.05) is 14.2 Å². The van der Waals surface area contributed by atoms with Crippen LogP contribution >= 0.6 is 0 Å². The van der Waals surface area contributed by atoms with Gasteiger partial charge in [0.2, 0.25) is 9.84 Å². The topological polar surface area (TPSA) is 52.6 Å². The third-order valence-electron chi connectivity index (χ3n) is 1.82. The van der Waals surface area contributed by atoms with E-state index in [-0.39, 0.29) is 10.6 Å². The van der Waals surface area contributed by atoms with E-state index in [1.165, 1.54) is 26.4 Å². The van der Waals surface area contributed by atoms with Gasteiger partial charge in [0.15, 0.2) is 0 Å². The van der Waals surface area contributed by atoms with Crippen molar-refractivity contribution in [3.63, 3.8) is 0 Å². The Labute approximate surface area is 89.1 Å². The highest BCUT2D eigenvalue weighted by molar-refractivity contribution is 7.94. The molecule has 0 saturated carbocycles. The molecule has 0 heterocycles. The van der Waals surface area contributed by atoms with Gasteiger partial charge in [-0.15, -0.1) is 0 Å². The molecule has 0 spiro atoms. The van der Waals surface area contributed by atoms with Crippen LogP contribution in [-0.2, 0) is 9.84 Å². The average Bonchev–Trinajstić information content (AvgIpc) is 2.28. The number of rotatable bonds is 4. The van der Waals surface area contributed by atoms with Crippen molar-refractivity contribution < 1.29 is 17.9 Å². The van der Waals surface area contributed by atoms with E-state index in [1.54, 1.807) is 0 Å². The van der Waals surface area contributed by atoms with Gasteiger partial charge in [-0.2, -0.15) is 0 Å². The van der Waals surface area contributed by atoms with E-state index in [0.717, 1.165) is 5.41 Å². The van der Waals surface area contributed by atoms with Crippen molar-refractivity contribution in [1.82, 2.24) is 0 Å². The predicted octanol–water partition coefficient (Wildman–Crippen LogP) is 1.42. The Balaban J connectivity index is 3.43. The molecule has 1 aromatic carbocycles. The molecule has 4 nitrogen and oxygen atoms in total. The first-order valence-electron chi connectivity index (χ1n) is 4.06. The van der Waals surface area contributed by atoms with Crippen LogP contribution in [0.15, 0.2) is 29.0 Å². The second-order valence-corrected chi connectivity index (χ2v) is 4.51. The molecule has 0 unspecified atom stereocenters. The summed E-state index contributed by atoms with van der Waals surface area (Å²) in [4.78, 5) is 0.0237. The van der Waals surface area contributed by atoms with Crippen LogP contribution < -0.4 is 9.47 Å². The molecular formula is C10H11O4S. The highest BCUT2D eigenvalue weighted by Crippen LogP contribution is 2.28. The molecule has 0 bridgehead atoms. The Morgan fingerprint density at radius 1 is 1.40 bits per heavy atom. The van der Waals surface area contributed by atoms with E-state index in [4.69, 9.17) is 9.47 Å². The van der Waals surface area contributed by atoms with Gasteiger partial charge in [0.05, 0.1) is 14.2 Å². The van der Waals surface area contributed by atoms with Crippen molar-refractivity contribution in [2.45, 2.75) is 4.90 Å². The van der Waals surface area contributed by atoms with Gasteiger partial charge in [0, 0.05) is 17.5 Å². The summed E-state index contributed by atoms with van der Waals surface area (Å²) in [6.45, 7) is 3.25. The Morgan fingerprint density at radius 2 is 2.07 bits per heavy atom. The van der Waals surface area contributed by atoms with Gasteiger partial charge < -0.3 is 9.47 Å². The molecule has 0 N–H and O–H groups in total. The molecule has 0 aliphatic rings. The molecule has 0 amide bonds. The van der Waals surface area contributed by atoms with E-state index in [2.05, 4.69) is 12.6 Å². The van der Waals surface area contributed by atoms with Gasteiger partial charge in [-0.3, -0.25) is 0 Å². The molecule has 0 atom stereocenters. The maximum absolute atomic E-state index is 11.6. The number of hydrogen-bond donors (Lipinski definition) is 0. The first-order chi connectivity index (χ1) is 7.05. The minimum Gasteiger partial charge on any atom is -0.496 e. The van der Waals surface area contributed by atoms with Crippen LogP contribution in [0.2, 0.25) is 0 Å². The van der Waals surface area contributed by atoms with Crippen molar-refractivity contribution >= 4 is 9.84 Å². The summed E-state index contributed by atoms with van der Waals surface area (Å²) < 4.78 is 33.0. The fourth-order valence-corrected chi connectivity index (χ4v) is 1.90. The molecule has 1 radical (unpaired) electrons. The first-order valence-corrected chi connectivity index (χ1v) is 5.61. The van der Waals surface area contributed by atoms with Gasteiger partial charge in [-0.05, 0) is 6.07 Å². The van der Waals surface area contributed by atoms with E-state index >= 15 is 0 Å². The lowest BCUT2D eigenvalue weighted by atomic mass is 10.3. The summed E-state index contributed by atoms with van der Waals surface area (Å²) in [5.74, 6) is 0.548. The molecule has 0 aliphatic carbocycles. The Hall–Kier alpha value is -1.49. The summed E-state index contributed by atoms with van der Waals surface area (Å²) in [6, 6.07) is 5.48. The smallest absolute Gasteiger partial charge is 0.203 e. The fourth-order valence-electron chi connectivity index (χ4n) is 1.03. The van der Waals surface area contributed by atoms with Crippen LogP contribution in [0.5, 0.6) is 11.5 Å². The lowest BCUT2D eigenvalue weighted by Crippen LogP contribution is -2.00. The van der Waals surface area contributed by atoms with Gasteiger partial charge in [0.25, 0.3) is 0 Å². The summed E-state index contributed by atoms with van der Waals surface area (Å²) in [5.41, 5.74) is 0. The van der Waals surface area contributed by atoms with Crippen LogP contribution in [0, 0.1) is 6.07 Å². The quantitative estimate of drug-likeness (QED) is 0.780. The highest BCUT2D eigenvalue weighted by atomic mass is 32.2. The normalized spacial score (nSPS) is 10.8. The van der Waals surface area contributed by atoms with Crippen LogP contribution in [0.25, 0.3) is 0 Å². The predicted molar refractivity (Wildman–Crippen MR) is 55.8 cm³/mol. The molecule has 0 aromatic heterocycles. The highest BCUT2D eigenvalue weighted by Gasteiger charge is 2.17. The molecule has 15 heavy (non-hydrogen) atoms. The van der Waals surface area contributed by atoms with E-state index in [1.807, 2.05) is 0 Å². The zero-order valence-corrected chi connectivity index (χ0v) is 9.30. The largest absolute Gasteiger partial charge is 0.496 e. The van der Waals surface area contributed by atoms with E-state index in [9.17, 15) is 8.42 Å². The van der Waals surface area contributed by atoms with Crippen LogP contribution in [-0.4, -0.2) is 22.6 Å². The van der Waals surface area contributed by atoms with Crippen LogP contribution in [0.3, 0.4) is 0 Å². The molecule has 0 aliphatic heterocycles. The zero-order chi connectivity index (χ0) is 11.5. The minimum absolute atomic E-state index is 0.0237. The Bertz CT molecular complexity index is 462. The molecule has 0 saturated heterocycles. The van der Waals surface area contributed by atoms with Crippen LogP contribution in [0.4, 0.5) is 0 Å². The number of hydrogen-bond acceptors (Lipinski definition) is 4. The maximum atomic E-state index is 11.6. The molecule has 0 fully saturated rings. The monoisotopic (exact) mass is 227 g/mol. The summed E-state index contributed by atoms with van der Waals surface area (Å²) in [7, 11) is -0.715. The Kier molecular flexibility index (Phi) is 3.36. The molecule has 5 heteroatoms. The number of ether oxygens (including phenoxy) is 2.